The molecule has 0 amide bonds. The normalized spacial score (nSPS) is 38.5. The summed E-state index contributed by atoms with van der Waals surface area (Å²) < 4.78 is 34.2. The van der Waals surface area contributed by atoms with Crippen molar-refractivity contribution in [2.75, 3.05) is 27.9 Å². The average Bonchev–Trinajstić information content (AvgIpc) is 2.60. The molecule has 0 saturated carbocycles. The van der Waals surface area contributed by atoms with Crippen LogP contribution in [0.15, 0.2) is 30.3 Å². The maximum atomic E-state index is 6.10. The lowest BCUT2D eigenvalue weighted by Gasteiger charge is -2.48. The molecular formula is C16H22O6. The highest BCUT2D eigenvalue weighted by Gasteiger charge is 2.50. The van der Waals surface area contributed by atoms with Gasteiger partial charge in [-0.3, -0.25) is 0 Å². The molecule has 122 valence electrons. The second-order valence-electron chi connectivity index (χ2n) is 5.36. The third kappa shape index (κ3) is 2.90. The van der Waals surface area contributed by atoms with Crippen molar-refractivity contribution >= 4 is 0 Å². The Morgan fingerprint density at radius 3 is 2.27 bits per heavy atom. The van der Waals surface area contributed by atoms with Gasteiger partial charge in [-0.2, -0.15) is 0 Å². The molecule has 0 spiro atoms. The van der Waals surface area contributed by atoms with Gasteiger partial charge in [-0.15, -0.1) is 0 Å². The highest BCUT2D eigenvalue weighted by molar-refractivity contribution is 5.16. The summed E-state index contributed by atoms with van der Waals surface area (Å²) in [7, 11) is 4.84. The fraction of sp³-hybridized carbons (Fsp3) is 0.625. The molecule has 1 aromatic carbocycles. The molecule has 0 aliphatic carbocycles. The van der Waals surface area contributed by atoms with Crippen molar-refractivity contribution in [3.63, 3.8) is 0 Å². The first kappa shape index (κ1) is 15.9. The molecule has 1 unspecified atom stereocenters. The predicted octanol–water partition coefficient (Wildman–Crippen LogP) is 1.50. The predicted molar refractivity (Wildman–Crippen MR) is 77.3 cm³/mol. The van der Waals surface area contributed by atoms with Crippen molar-refractivity contribution in [1.82, 2.24) is 0 Å². The molecule has 0 bridgehead atoms. The van der Waals surface area contributed by atoms with Gasteiger partial charge in [0.2, 0.25) is 0 Å². The van der Waals surface area contributed by atoms with E-state index in [1.807, 2.05) is 30.3 Å². The molecule has 2 aliphatic heterocycles. The molecule has 22 heavy (non-hydrogen) atoms. The zero-order chi connectivity index (χ0) is 15.5. The van der Waals surface area contributed by atoms with Crippen LogP contribution in [-0.2, 0) is 28.4 Å². The lowest BCUT2D eigenvalue weighted by molar-refractivity contribution is -0.363. The Balaban J connectivity index is 1.79. The largest absolute Gasteiger partial charge is 0.376 e. The summed E-state index contributed by atoms with van der Waals surface area (Å²) in [5, 5.41) is 0. The van der Waals surface area contributed by atoms with E-state index in [4.69, 9.17) is 28.4 Å². The third-order valence-corrected chi connectivity index (χ3v) is 4.13. The lowest BCUT2D eigenvalue weighted by Crippen LogP contribution is -2.63. The zero-order valence-electron chi connectivity index (χ0n) is 13.0. The van der Waals surface area contributed by atoms with Crippen LogP contribution in [-0.4, -0.2) is 58.6 Å². The van der Waals surface area contributed by atoms with Crippen LogP contribution in [0.5, 0.6) is 0 Å². The van der Waals surface area contributed by atoms with E-state index in [0.29, 0.717) is 6.61 Å². The molecule has 6 atom stereocenters. The van der Waals surface area contributed by atoms with Crippen molar-refractivity contribution in [3.05, 3.63) is 35.9 Å². The monoisotopic (exact) mass is 310 g/mol. The van der Waals surface area contributed by atoms with Gasteiger partial charge in [0.1, 0.15) is 24.4 Å². The van der Waals surface area contributed by atoms with Gasteiger partial charge < -0.3 is 28.4 Å². The van der Waals surface area contributed by atoms with Gasteiger partial charge in [-0.05, 0) is 0 Å². The number of benzene rings is 1. The van der Waals surface area contributed by atoms with Crippen LogP contribution in [0.4, 0.5) is 0 Å². The molecule has 2 heterocycles. The SMILES string of the molecule is CO[C@H]1O[C@@H]2COC(c3ccccc3)O[C@H]2[C@H](OC)[C@H]1OC. The van der Waals surface area contributed by atoms with Gasteiger partial charge in [0.25, 0.3) is 0 Å². The van der Waals surface area contributed by atoms with E-state index >= 15 is 0 Å². The quantitative estimate of drug-likeness (QED) is 0.840. The Morgan fingerprint density at radius 2 is 1.64 bits per heavy atom. The number of hydrogen-bond donors (Lipinski definition) is 0. The molecule has 0 radical (unpaired) electrons. The van der Waals surface area contributed by atoms with Crippen LogP contribution < -0.4 is 0 Å². The molecule has 0 aromatic heterocycles. The van der Waals surface area contributed by atoms with E-state index < -0.39 is 12.6 Å². The molecule has 0 N–H and O–H groups in total. The summed E-state index contributed by atoms with van der Waals surface area (Å²) in [5.41, 5.74) is 0.971. The molecule has 2 fully saturated rings. The molecule has 2 aliphatic rings. The molecule has 6 nitrogen and oxygen atoms in total. The number of hydrogen-bond acceptors (Lipinski definition) is 6. The Bertz CT molecular complexity index is 467. The van der Waals surface area contributed by atoms with Crippen molar-refractivity contribution in [2.45, 2.75) is 37.0 Å². The number of rotatable bonds is 4. The molecular weight excluding hydrogens is 288 g/mol. The maximum Gasteiger partial charge on any atom is 0.186 e. The van der Waals surface area contributed by atoms with Gasteiger partial charge in [-0.25, -0.2) is 0 Å². The number of ether oxygens (including phenoxy) is 6. The van der Waals surface area contributed by atoms with Crippen LogP contribution in [0.2, 0.25) is 0 Å². The van der Waals surface area contributed by atoms with Crippen LogP contribution in [0.3, 0.4) is 0 Å². The number of fused-ring (bicyclic) bond motifs is 1. The average molecular weight is 310 g/mol. The molecule has 1 aromatic rings. The minimum Gasteiger partial charge on any atom is -0.376 e. The van der Waals surface area contributed by atoms with Gasteiger partial charge in [0.05, 0.1) is 6.61 Å². The highest BCUT2D eigenvalue weighted by Crippen LogP contribution is 2.35. The fourth-order valence-electron chi connectivity index (χ4n) is 3.03. The Hall–Kier alpha value is -1.02. The van der Waals surface area contributed by atoms with Gasteiger partial charge in [0.15, 0.2) is 12.6 Å². The smallest absolute Gasteiger partial charge is 0.186 e. The second kappa shape index (κ2) is 7.04. The fourth-order valence-corrected chi connectivity index (χ4v) is 3.03. The van der Waals surface area contributed by atoms with Gasteiger partial charge >= 0.3 is 0 Å². The first-order chi connectivity index (χ1) is 10.8. The lowest BCUT2D eigenvalue weighted by atomic mass is 9.97. The summed E-state index contributed by atoms with van der Waals surface area (Å²) in [6.45, 7) is 0.417. The van der Waals surface area contributed by atoms with Crippen molar-refractivity contribution in [2.24, 2.45) is 0 Å². The number of methoxy groups -OCH3 is 3. The summed E-state index contributed by atoms with van der Waals surface area (Å²) in [4.78, 5) is 0. The molecule has 3 rings (SSSR count). The third-order valence-electron chi connectivity index (χ3n) is 4.13. The van der Waals surface area contributed by atoms with Crippen LogP contribution in [0.1, 0.15) is 11.9 Å². The summed E-state index contributed by atoms with van der Waals surface area (Å²) in [6.07, 6.45) is -2.10. The highest BCUT2D eigenvalue weighted by atomic mass is 16.8. The van der Waals surface area contributed by atoms with Crippen molar-refractivity contribution in [3.8, 4) is 0 Å². The van der Waals surface area contributed by atoms with E-state index in [-0.39, 0.29) is 24.4 Å². The maximum absolute atomic E-state index is 6.10. The van der Waals surface area contributed by atoms with E-state index in [1.54, 1.807) is 21.3 Å². The van der Waals surface area contributed by atoms with Crippen LogP contribution in [0, 0.1) is 0 Å². The zero-order valence-corrected chi connectivity index (χ0v) is 13.0. The van der Waals surface area contributed by atoms with Crippen molar-refractivity contribution in [1.29, 1.82) is 0 Å². The Kier molecular flexibility index (Phi) is 5.07. The summed E-state index contributed by atoms with van der Waals surface area (Å²) in [5.74, 6) is 0. The van der Waals surface area contributed by atoms with E-state index in [2.05, 4.69) is 0 Å². The minimum absolute atomic E-state index is 0.249. The molecule has 2 saturated heterocycles. The first-order valence-electron chi connectivity index (χ1n) is 7.34. The summed E-state index contributed by atoms with van der Waals surface area (Å²) >= 11 is 0. The van der Waals surface area contributed by atoms with Crippen LogP contribution in [0.25, 0.3) is 0 Å². The van der Waals surface area contributed by atoms with Gasteiger partial charge in [0, 0.05) is 26.9 Å². The Labute approximate surface area is 130 Å². The van der Waals surface area contributed by atoms with E-state index in [1.165, 1.54) is 0 Å². The summed E-state index contributed by atoms with van der Waals surface area (Å²) in [6, 6.07) is 9.82. The Morgan fingerprint density at radius 1 is 0.909 bits per heavy atom. The second-order valence-corrected chi connectivity index (χ2v) is 5.36. The van der Waals surface area contributed by atoms with Crippen molar-refractivity contribution < 1.29 is 28.4 Å². The van der Waals surface area contributed by atoms with Crippen LogP contribution >= 0.6 is 0 Å². The first-order valence-corrected chi connectivity index (χ1v) is 7.34. The standard InChI is InChI=1S/C16H22O6/c1-17-13-12-11(21-16(19-3)14(13)18-2)9-20-15(22-12)10-7-5-4-6-8-10/h4-8,11-16H,9H2,1-3H3/t11-,12-,13+,14-,15?,16+/m1/s1. The molecule has 6 heteroatoms. The van der Waals surface area contributed by atoms with E-state index in [0.717, 1.165) is 5.56 Å². The van der Waals surface area contributed by atoms with Gasteiger partial charge in [-0.1, -0.05) is 30.3 Å². The van der Waals surface area contributed by atoms with E-state index in [9.17, 15) is 0 Å². The minimum atomic E-state index is -0.503. The topological polar surface area (TPSA) is 55.4 Å².